The fourth-order valence-corrected chi connectivity index (χ4v) is 2.74. The van der Waals surface area contributed by atoms with Gasteiger partial charge in [0.25, 0.3) is 5.56 Å². The molecule has 0 spiro atoms. The summed E-state index contributed by atoms with van der Waals surface area (Å²) in [7, 11) is 0. The number of aryl methyl sites for hydroxylation is 2. The van der Waals surface area contributed by atoms with Crippen molar-refractivity contribution < 1.29 is 9.53 Å². The summed E-state index contributed by atoms with van der Waals surface area (Å²) in [6.07, 6.45) is 2.21. The monoisotopic (exact) mass is 341 g/mol. The van der Waals surface area contributed by atoms with Gasteiger partial charge in [0.05, 0.1) is 12.2 Å². The number of benzene rings is 1. The van der Waals surface area contributed by atoms with E-state index < -0.39 is 0 Å². The lowest BCUT2D eigenvalue weighted by atomic mass is 10.1. The third kappa shape index (κ3) is 4.92. The largest absolute Gasteiger partial charge is 0.492 e. The first-order valence-corrected chi connectivity index (χ1v) is 8.57. The van der Waals surface area contributed by atoms with Crippen LogP contribution in [0.15, 0.2) is 35.1 Å². The van der Waals surface area contributed by atoms with Crippen LogP contribution in [0.2, 0.25) is 0 Å². The lowest BCUT2D eigenvalue weighted by Crippen LogP contribution is -2.35. The Labute approximate surface area is 146 Å². The molecule has 0 unspecified atom stereocenters. The van der Waals surface area contributed by atoms with Crippen LogP contribution in [0.3, 0.4) is 0 Å². The van der Waals surface area contributed by atoms with Gasteiger partial charge < -0.3 is 10.1 Å². The highest BCUT2D eigenvalue weighted by atomic mass is 16.5. The van der Waals surface area contributed by atoms with Crippen LogP contribution in [0.25, 0.3) is 0 Å². The first-order chi connectivity index (χ1) is 12.0. The van der Waals surface area contributed by atoms with E-state index in [9.17, 15) is 9.59 Å². The summed E-state index contributed by atoms with van der Waals surface area (Å²) in [6, 6.07) is 9.24. The highest BCUT2D eigenvalue weighted by Crippen LogP contribution is 2.38. The van der Waals surface area contributed by atoms with Crippen LogP contribution in [0.4, 0.5) is 0 Å². The van der Waals surface area contributed by atoms with E-state index in [1.807, 2.05) is 26.0 Å². The zero-order valence-corrected chi connectivity index (χ0v) is 14.6. The van der Waals surface area contributed by atoms with Crippen molar-refractivity contribution in [2.24, 2.45) is 0 Å². The maximum atomic E-state index is 12.0. The van der Waals surface area contributed by atoms with Gasteiger partial charge in [-0.1, -0.05) is 6.07 Å². The molecule has 25 heavy (non-hydrogen) atoms. The maximum absolute atomic E-state index is 12.0. The molecule has 1 aliphatic rings. The van der Waals surface area contributed by atoms with Gasteiger partial charge in [-0.25, -0.2) is 4.68 Å². The Morgan fingerprint density at radius 2 is 1.96 bits per heavy atom. The van der Waals surface area contributed by atoms with Crippen molar-refractivity contribution in [3.63, 3.8) is 0 Å². The van der Waals surface area contributed by atoms with Crippen LogP contribution >= 0.6 is 0 Å². The number of aromatic nitrogens is 2. The molecule has 1 fully saturated rings. The third-order valence-corrected chi connectivity index (χ3v) is 4.06. The highest BCUT2D eigenvalue weighted by molar-refractivity contribution is 5.75. The summed E-state index contributed by atoms with van der Waals surface area (Å²) >= 11 is 0. The van der Waals surface area contributed by atoms with E-state index in [1.165, 1.54) is 10.7 Å². The predicted octanol–water partition coefficient (Wildman–Crippen LogP) is 1.93. The van der Waals surface area contributed by atoms with Gasteiger partial charge in [0.1, 0.15) is 18.9 Å². The van der Waals surface area contributed by atoms with Crippen molar-refractivity contribution in [1.82, 2.24) is 15.1 Å². The van der Waals surface area contributed by atoms with Gasteiger partial charge in [-0.2, -0.15) is 5.10 Å². The summed E-state index contributed by atoms with van der Waals surface area (Å²) < 4.78 is 6.88. The number of nitrogens with zero attached hydrogens (tertiary/aromatic N) is 2. The molecule has 1 saturated carbocycles. The summed E-state index contributed by atoms with van der Waals surface area (Å²) in [5, 5.41) is 7.04. The van der Waals surface area contributed by atoms with Crippen LogP contribution in [0.1, 0.15) is 35.6 Å². The molecule has 1 aliphatic carbocycles. The Bertz CT molecular complexity index is 805. The average molecular weight is 341 g/mol. The number of ether oxygens (including phenoxy) is 1. The number of rotatable bonds is 7. The topological polar surface area (TPSA) is 73.2 Å². The van der Waals surface area contributed by atoms with E-state index >= 15 is 0 Å². The van der Waals surface area contributed by atoms with Gasteiger partial charge in [-0.3, -0.25) is 9.59 Å². The minimum absolute atomic E-state index is 0.0665. The van der Waals surface area contributed by atoms with Gasteiger partial charge in [0.15, 0.2) is 0 Å². The van der Waals surface area contributed by atoms with Gasteiger partial charge in [0.2, 0.25) is 5.91 Å². The minimum Gasteiger partial charge on any atom is -0.492 e. The number of carbonyl (C=O) groups excluding carboxylic acids is 1. The van der Waals surface area contributed by atoms with Gasteiger partial charge in [-0.15, -0.1) is 0 Å². The van der Waals surface area contributed by atoms with Crippen LogP contribution in [0, 0.1) is 13.8 Å². The highest BCUT2D eigenvalue weighted by Gasteiger charge is 2.25. The van der Waals surface area contributed by atoms with Crippen molar-refractivity contribution in [3.05, 3.63) is 57.5 Å². The van der Waals surface area contributed by atoms with Crippen LogP contribution in [0.5, 0.6) is 5.75 Å². The molecule has 1 N–H and O–H groups in total. The molecule has 0 saturated heterocycles. The number of nitrogens with one attached hydrogen (secondary N) is 1. The van der Waals surface area contributed by atoms with Gasteiger partial charge >= 0.3 is 0 Å². The molecule has 0 bridgehead atoms. The fourth-order valence-electron chi connectivity index (χ4n) is 2.74. The molecule has 0 radical (unpaired) electrons. The molecule has 1 amide bonds. The van der Waals surface area contributed by atoms with Crippen molar-refractivity contribution in [2.75, 3.05) is 13.2 Å². The molecule has 0 aliphatic heterocycles. The smallest absolute Gasteiger partial charge is 0.267 e. The van der Waals surface area contributed by atoms with E-state index in [4.69, 9.17) is 4.74 Å². The number of hydrogen-bond donors (Lipinski definition) is 1. The normalized spacial score (nSPS) is 13.5. The Morgan fingerprint density at radius 1 is 1.24 bits per heavy atom. The predicted molar refractivity (Wildman–Crippen MR) is 94.9 cm³/mol. The van der Waals surface area contributed by atoms with Crippen LogP contribution in [-0.4, -0.2) is 28.8 Å². The molecule has 6 heteroatoms. The number of carbonyl (C=O) groups is 1. The first kappa shape index (κ1) is 17.2. The average Bonchev–Trinajstić information content (AvgIpc) is 3.38. The second kappa shape index (κ2) is 7.51. The lowest BCUT2D eigenvalue weighted by Gasteiger charge is -2.10. The third-order valence-electron chi connectivity index (χ3n) is 4.06. The van der Waals surface area contributed by atoms with E-state index in [2.05, 4.69) is 16.5 Å². The van der Waals surface area contributed by atoms with E-state index in [1.54, 1.807) is 6.07 Å². The summed E-state index contributed by atoms with van der Waals surface area (Å²) in [4.78, 5) is 23.8. The second-order valence-corrected chi connectivity index (χ2v) is 6.55. The van der Waals surface area contributed by atoms with Crippen molar-refractivity contribution in [3.8, 4) is 5.75 Å². The van der Waals surface area contributed by atoms with Gasteiger partial charge in [-0.05, 0) is 56.0 Å². The maximum Gasteiger partial charge on any atom is 0.267 e. The molecular weight excluding hydrogens is 318 g/mol. The Kier molecular flexibility index (Phi) is 5.16. The van der Waals surface area contributed by atoms with E-state index in [-0.39, 0.29) is 18.0 Å². The SMILES string of the molecule is Cc1cc(C)cc(OCCNC(=O)Cn2nc(C3CC3)ccc2=O)c1. The van der Waals surface area contributed by atoms with E-state index in [0.717, 1.165) is 35.4 Å². The quantitative estimate of drug-likeness (QED) is 0.781. The zero-order valence-electron chi connectivity index (χ0n) is 14.6. The number of hydrogen-bond acceptors (Lipinski definition) is 4. The molecule has 3 rings (SSSR count). The minimum atomic E-state index is -0.258. The van der Waals surface area contributed by atoms with Gasteiger partial charge in [0, 0.05) is 12.0 Å². The molecule has 1 aromatic heterocycles. The lowest BCUT2D eigenvalue weighted by molar-refractivity contribution is -0.122. The molecule has 0 atom stereocenters. The van der Waals surface area contributed by atoms with E-state index in [0.29, 0.717) is 19.1 Å². The van der Waals surface area contributed by atoms with Crippen LogP contribution in [-0.2, 0) is 11.3 Å². The molecule has 1 heterocycles. The Hall–Kier alpha value is -2.63. The molecular formula is C19H23N3O3. The molecule has 1 aromatic carbocycles. The molecule has 2 aromatic rings. The summed E-state index contributed by atoms with van der Waals surface area (Å²) in [5.74, 6) is 0.995. The summed E-state index contributed by atoms with van der Waals surface area (Å²) in [6.45, 7) is 4.72. The first-order valence-electron chi connectivity index (χ1n) is 8.57. The Morgan fingerprint density at radius 3 is 2.64 bits per heavy atom. The van der Waals surface area contributed by atoms with Crippen molar-refractivity contribution in [1.29, 1.82) is 0 Å². The van der Waals surface area contributed by atoms with Crippen LogP contribution < -0.4 is 15.6 Å². The molecule has 132 valence electrons. The van der Waals surface area contributed by atoms with Crippen molar-refractivity contribution >= 4 is 5.91 Å². The molecule has 6 nitrogen and oxygen atoms in total. The zero-order chi connectivity index (χ0) is 17.8. The summed E-state index contributed by atoms with van der Waals surface area (Å²) in [5.41, 5.74) is 2.91. The fraction of sp³-hybridized carbons (Fsp3) is 0.421. The standard InChI is InChI=1S/C19H23N3O3/c1-13-9-14(2)11-16(10-13)25-8-7-20-18(23)12-22-19(24)6-5-17(21-22)15-3-4-15/h5-6,9-11,15H,3-4,7-8,12H2,1-2H3,(H,20,23). The van der Waals surface area contributed by atoms with Crippen molar-refractivity contribution in [2.45, 2.75) is 39.2 Å². The second-order valence-electron chi connectivity index (χ2n) is 6.55. The number of amides is 1. The Balaban J connectivity index is 1.46.